The minimum atomic E-state index is -3.80. The molecule has 0 saturated carbocycles. The molecule has 1 aromatic heterocycles. The van der Waals surface area contributed by atoms with Crippen LogP contribution in [0.3, 0.4) is 0 Å². The Bertz CT molecular complexity index is 1040. The smallest absolute Gasteiger partial charge is 0.262 e. The van der Waals surface area contributed by atoms with E-state index < -0.39 is 10.0 Å². The lowest BCUT2D eigenvalue weighted by Crippen LogP contribution is -2.20. The first-order chi connectivity index (χ1) is 10.9. The van der Waals surface area contributed by atoms with Crippen molar-refractivity contribution in [1.82, 2.24) is 4.57 Å². The van der Waals surface area contributed by atoms with Gasteiger partial charge in [0.05, 0.1) is 10.4 Å². The maximum Gasteiger partial charge on any atom is 0.262 e. The molecule has 6 heteroatoms. The fraction of sp³-hybridized carbons (Fsp3) is 0.118. The molecule has 0 bridgehead atoms. The van der Waals surface area contributed by atoms with Gasteiger partial charge in [0.25, 0.3) is 10.0 Å². The van der Waals surface area contributed by atoms with Crippen LogP contribution >= 0.6 is 0 Å². The Morgan fingerprint density at radius 3 is 2.35 bits per heavy atom. The number of para-hydroxylation sites is 1. The number of hydrogen-bond donors (Lipinski definition) is 1. The highest BCUT2D eigenvalue weighted by atomic mass is 32.2. The summed E-state index contributed by atoms with van der Waals surface area (Å²) >= 11 is 0. The molecule has 3 aromatic rings. The molecule has 0 atom stereocenters. The van der Waals surface area contributed by atoms with E-state index in [0.717, 1.165) is 11.1 Å². The van der Waals surface area contributed by atoms with Crippen LogP contribution in [0.4, 0.5) is 5.69 Å². The Morgan fingerprint density at radius 2 is 1.65 bits per heavy atom. The largest absolute Gasteiger partial charge is 0.348 e. The van der Waals surface area contributed by atoms with Gasteiger partial charge in [0.1, 0.15) is 5.69 Å². The molecule has 0 radical (unpaired) electrons. The number of anilines is 1. The van der Waals surface area contributed by atoms with Gasteiger partial charge in [-0.1, -0.05) is 29.8 Å². The topological polar surface area (TPSA) is 68.2 Å². The van der Waals surface area contributed by atoms with E-state index in [-0.39, 0.29) is 16.0 Å². The SMILES string of the molecule is Cc1ccc(S(=O)(=O)Nc2cn(C)c3ccccc3c2=O)cc1. The molecule has 1 heterocycles. The van der Waals surface area contributed by atoms with Gasteiger partial charge >= 0.3 is 0 Å². The van der Waals surface area contributed by atoms with Crippen molar-refractivity contribution in [1.29, 1.82) is 0 Å². The number of aryl methyl sites for hydroxylation is 2. The van der Waals surface area contributed by atoms with Crippen LogP contribution < -0.4 is 10.2 Å². The van der Waals surface area contributed by atoms with E-state index in [0.29, 0.717) is 5.39 Å². The van der Waals surface area contributed by atoms with Gasteiger partial charge < -0.3 is 4.57 Å². The third-order valence-corrected chi connectivity index (χ3v) is 5.05. The fourth-order valence-corrected chi connectivity index (χ4v) is 3.48. The van der Waals surface area contributed by atoms with Gasteiger partial charge in [0, 0.05) is 18.6 Å². The molecule has 2 aromatic carbocycles. The number of hydrogen-bond acceptors (Lipinski definition) is 3. The Hall–Kier alpha value is -2.60. The summed E-state index contributed by atoms with van der Waals surface area (Å²) < 4.78 is 29.0. The molecule has 1 N–H and O–H groups in total. The summed E-state index contributed by atoms with van der Waals surface area (Å²) in [6, 6.07) is 13.5. The van der Waals surface area contributed by atoms with Crippen molar-refractivity contribution in [3.8, 4) is 0 Å². The third kappa shape index (κ3) is 2.85. The highest BCUT2D eigenvalue weighted by Gasteiger charge is 2.17. The Balaban J connectivity index is 2.10. The lowest BCUT2D eigenvalue weighted by atomic mass is 10.2. The third-order valence-electron chi connectivity index (χ3n) is 3.67. The predicted molar refractivity (Wildman–Crippen MR) is 91.2 cm³/mol. The minimum Gasteiger partial charge on any atom is -0.348 e. The van der Waals surface area contributed by atoms with E-state index in [1.54, 1.807) is 35.9 Å². The maximum absolute atomic E-state index is 12.5. The van der Waals surface area contributed by atoms with Crippen LogP contribution in [0.15, 0.2) is 64.4 Å². The molecule has 23 heavy (non-hydrogen) atoms. The first-order valence-electron chi connectivity index (χ1n) is 7.06. The van der Waals surface area contributed by atoms with Gasteiger partial charge in [-0.2, -0.15) is 0 Å². The number of nitrogens with one attached hydrogen (secondary N) is 1. The number of nitrogens with zero attached hydrogens (tertiary/aromatic N) is 1. The number of sulfonamides is 1. The van der Waals surface area contributed by atoms with Crippen molar-refractivity contribution < 1.29 is 8.42 Å². The van der Waals surface area contributed by atoms with E-state index >= 15 is 0 Å². The minimum absolute atomic E-state index is 0.0341. The Morgan fingerprint density at radius 1 is 1.00 bits per heavy atom. The summed E-state index contributed by atoms with van der Waals surface area (Å²) in [6.07, 6.45) is 1.50. The second-order valence-electron chi connectivity index (χ2n) is 5.42. The monoisotopic (exact) mass is 328 g/mol. The number of rotatable bonds is 3. The van der Waals surface area contributed by atoms with E-state index in [9.17, 15) is 13.2 Å². The quantitative estimate of drug-likeness (QED) is 0.803. The zero-order valence-corrected chi connectivity index (χ0v) is 13.6. The lowest BCUT2D eigenvalue weighted by molar-refractivity contribution is 0.601. The summed E-state index contributed by atoms with van der Waals surface area (Å²) in [5, 5.41) is 0.471. The van der Waals surface area contributed by atoms with Crippen molar-refractivity contribution in [3.63, 3.8) is 0 Å². The molecule has 0 aliphatic rings. The first kappa shape index (κ1) is 15.3. The molecule has 0 aliphatic carbocycles. The van der Waals surface area contributed by atoms with Crippen molar-refractivity contribution in [2.45, 2.75) is 11.8 Å². The second kappa shape index (κ2) is 5.55. The number of fused-ring (bicyclic) bond motifs is 1. The van der Waals surface area contributed by atoms with E-state index in [1.807, 2.05) is 19.1 Å². The van der Waals surface area contributed by atoms with Crippen LogP contribution in [0.5, 0.6) is 0 Å². The van der Waals surface area contributed by atoms with Gasteiger partial charge in [-0.05, 0) is 31.2 Å². The van der Waals surface area contributed by atoms with Crippen molar-refractivity contribution >= 4 is 26.6 Å². The van der Waals surface area contributed by atoms with Crippen LogP contribution in [0.1, 0.15) is 5.56 Å². The van der Waals surface area contributed by atoms with Gasteiger partial charge in [-0.3, -0.25) is 9.52 Å². The number of pyridine rings is 1. The van der Waals surface area contributed by atoms with Crippen molar-refractivity contribution in [3.05, 3.63) is 70.5 Å². The Labute approximate surface area is 134 Å². The maximum atomic E-state index is 12.5. The lowest BCUT2D eigenvalue weighted by Gasteiger charge is -2.11. The molecule has 0 unspecified atom stereocenters. The number of benzene rings is 2. The summed E-state index contributed by atoms with van der Waals surface area (Å²) in [4.78, 5) is 12.6. The molecule has 0 saturated heterocycles. The molecular formula is C17H16N2O3S. The summed E-state index contributed by atoms with van der Waals surface area (Å²) in [7, 11) is -2.03. The molecule has 0 amide bonds. The van der Waals surface area contributed by atoms with Crippen molar-refractivity contribution in [2.24, 2.45) is 7.05 Å². The standard InChI is InChI=1S/C17H16N2O3S/c1-12-7-9-13(10-8-12)23(21,22)18-15-11-19(2)16-6-4-3-5-14(16)17(15)20/h3-11,18H,1-2H3. The molecule has 0 fully saturated rings. The summed E-state index contributed by atoms with van der Waals surface area (Å²) in [5.41, 5.74) is 1.41. The summed E-state index contributed by atoms with van der Waals surface area (Å²) in [5.74, 6) is 0. The van der Waals surface area contributed by atoms with Crippen LogP contribution in [0, 0.1) is 6.92 Å². The zero-order valence-electron chi connectivity index (χ0n) is 12.8. The molecule has 0 spiro atoms. The highest BCUT2D eigenvalue weighted by Crippen LogP contribution is 2.17. The summed E-state index contributed by atoms with van der Waals surface area (Å²) in [6.45, 7) is 1.88. The average Bonchev–Trinajstić information content (AvgIpc) is 2.52. The van der Waals surface area contributed by atoms with Gasteiger partial charge in [-0.15, -0.1) is 0 Å². The van der Waals surface area contributed by atoms with E-state index in [1.165, 1.54) is 18.3 Å². The Kier molecular flexibility index (Phi) is 3.69. The molecule has 5 nitrogen and oxygen atoms in total. The van der Waals surface area contributed by atoms with Crippen LogP contribution in [0.2, 0.25) is 0 Å². The van der Waals surface area contributed by atoms with Gasteiger partial charge in [0.15, 0.2) is 0 Å². The van der Waals surface area contributed by atoms with Crippen LogP contribution in [0.25, 0.3) is 10.9 Å². The first-order valence-corrected chi connectivity index (χ1v) is 8.55. The average molecular weight is 328 g/mol. The molecule has 0 aliphatic heterocycles. The van der Waals surface area contributed by atoms with Crippen LogP contribution in [-0.4, -0.2) is 13.0 Å². The zero-order chi connectivity index (χ0) is 16.6. The molecule has 3 rings (SSSR count). The molecular weight excluding hydrogens is 312 g/mol. The normalized spacial score (nSPS) is 11.6. The van der Waals surface area contributed by atoms with Gasteiger partial charge in [0.2, 0.25) is 5.43 Å². The van der Waals surface area contributed by atoms with E-state index in [4.69, 9.17) is 0 Å². The predicted octanol–water partition coefficient (Wildman–Crippen LogP) is 2.65. The molecule has 118 valence electrons. The van der Waals surface area contributed by atoms with E-state index in [2.05, 4.69) is 4.72 Å². The second-order valence-corrected chi connectivity index (χ2v) is 7.10. The number of aromatic nitrogens is 1. The highest BCUT2D eigenvalue weighted by molar-refractivity contribution is 7.92. The van der Waals surface area contributed by atoms with Crippen LogP contribution in [-0.2, 0) is 17.1 Å². The fourth-order valence-electron chi connectivity index (χ4n) is 2.43. The van der Waals surface area contributed by atoms with Crippen molar-refractivity contribution in [2.75, 3.05) is 4.72 Å². The van der Waals surface area contributed by atoms with Gasteiger partial charge in [-0.25, -0.2) is 8.42 Å².